The maximum Gasteiger partial charge on any atom is 0.260 e. The first-order valence-electron chi connectivity index (χ1n) is 11.7. The smallest absolute Gasteiger partial charge is 0.260 e. The summed E-state index contributed by atoms with van der Waals surface area (Å²) in [5.41, 5.74) is 1.58. The highest BCUT2D eigenvalue weighted by molar-refractivity contribution is 7.17. The van der Waals surface area contributed by atoms with Crippen molar-refractivity contribution in [2.75, 3.05) is 26.9 Å². The number of aliphatic hydroxyl groups excluding tert-OH is 1. The van der Waals surface area contributed by atoms with Gasteiger partial charge in [-0.15, -0.1) is 11.3 Å². The van der Waals surface area contributed by atoms with Crippen LogP contribution in [0.15, 0.2) is 34.4 Å². The highest BCUT2D eigenvalue weighted by atomic mass is 32.1. The Balaban J connectivity index is 1.62. The van der Waals surface area contributed by atoms with Crippen molar-refractivity contribution in [2.45, 2.75) is 57.7 Å². The van der Waals surface area contributed by atoms with Crippen LogP contribution in [0.2, 0.25) is 0 Å². The molecule has 1 aromatic carbocycles. The van der Waals surface area contributed by atoms with Crippen molar-refractivity contribution in [3.63, 3.8) is 0 Å². The van der Waals surface area contributed by atoms with Crippen LogP contribution in [0.1, 0.15) is 44.9 Å². The number of methoxy groups -OCH3 is 1. The molecule has 33 heavy (non-hydrogen) atoms. The molecule has 0 radical (unpaired) electrons. The minimum absolute atomic E-state index is 0.143. The van der Waals surface area contributed by atoms with Gasteiger partial charge < -0.3 is 19.6 Å². The molecule has 8 heteroatoms. The Kier molecular flexibility index (Phi) is 8.14. The van der Waals surface area contributed by atoms with Gasteiger partial charge in [0, 0.05) is 35.7 Å². The number of aromatic nitrogens is 2. The van der Waals surface area contributed by atoms with Crippen molar-refractivity contribution < 1.29 is 14.6 Å². The Morgan fingerprint density at radius 2 is 2.03 bits per heavy atom. The summed E-state index contributed by atoms with van der Waals surface area (Å²) in [4.78, 5) is 24.0. The highest BCUT2D eigenvalue weighted by Gasteiger charge is 2.25. The molecule has 1 fully saturated rings. The molecule has 1 aliphatic carbocycles. The van der Waals surface area contributed by atoms with Gasteiger partial charge in [0.05, 0.1) is 31.8 Å². The zero-order chi connectivity index (χ0) is 23.2. The van der Waals surface area contributed by atoms with Crippen LogP contribution in [0, 0.1) is 0 Å². The Bertz CT molecular complexity index is 1110. The lowest BCUT2D eigenvalue weighted by Crippen LogP contribution is -2.43. The molecule has 178 valence electrons. The first kappa shape index (κ1) is 23.9. The lowest BCUT2D eigenvalue weighted by molar-refractivity contribution is 0.00493. The Hall–Kier alpha value is -2.26. The van der Waals surface area contributed by atoms with Crippen molar-refractivity contribution in [3.05, 3.63) is 45.8 Å². The molecule has 2 heterocycles. The summed E-state index contributed by atoms with van der Waals surface area (Å²) < 4.78 is 10.9. The van der Waals surface area contributed by atoms with E-state index < -0.39 is 6.10 Å². The number of nitrogens with zero attached hydrogens (tertiary/aromatic N) is 2. The van der Waals surface area contributed by atoms with E-state index in [0.29, 0.717) is 48.4 Å². The van der Waals surface area contributed by atoms with Crippen molar-refractivity contribution >= 4 is 21.6 Å². The van der Waals surface area contributed by atoms with Crippen LogP contribution in [-0.2, 0) is 11.3 Å². The van der Waals surface area contributed by atoms with Crippen LogP contribution < -0.4 is 10.3 Å². The molecular weight excluding hydrogens is 438 g/mol. The number of aliphatic hydroxyl groups is 1. The molecule has 0 unspecified atom stereocenters. The molecule has 1 atom stereocenters. The molecule has 2 aromatic heterocycles. The minimum atomic E-state index is -0.568. The molecule has 7 nitrogen and oxygen atoms in total. The SMILES string of the molecule is CCOC[C@H](O)CN(Cc1nc2scc(-c3ccccc3OC)c2c(=O)[nH]1)C1CCCCC1. The summed E-state index contributed by atoms with van der Waals surface area (Å²) in [5.74, 6) is 1.36. The quantitative estimate of drug-likeness (QED) is 0.461. The number of benzene rings is 1. The molecule has 4 rings (SSSR count). The van der Waals surface area contributed by atoms with E-state index in [1.165, 1.54) is 30.6 Å². The minimum Gasteiger partial charge on any atom is -0.496 e. The van der Waals surface area contributed by atoms with E-state index >= 15 is 0 Å². The molecular formula is C25H33N3O4S. The van der Waals surface area contributed by atoms with Crippen molar-refractivity contribution in [2.24, 2.45) is 0 Å². The number of fused-ring (bicyclic) bond motifs is 1. The fraction of sp³-hybridized carbons (Fsp3) is 0.520. The Morgan fingerprint density at radius 1 is 1.24 bits per heavy atom. The van der Waals surface area contributed by atoms with Crippen LogP contribution in [0.25, 0.3) is 21.3 Å². The molecule has 0 aliphatic heterocycles. The van der Waals surface area contributed by atoms with Gasteiger partial charge in [-0.3, -0.25) is 9.69 Å². The normalized spacial score (nSPS) is 15.9. The second-order valence-corrected chi connectivity index (χ2v) is 9.44. The Labute approximate surface area is 198 Å². The van der Waals surface area contributed by atoms with Gasteiger partial charge in [0.1, 0.15) is 16.4 Å². The zero-order valence-corrected chi connectivity index (χ0v) is 20.2. The van der Waals surface area contributed by atoms with Gasteiger partial charge in [-0.1, -0.05) is 37.5 Å². The summed E-state index contributed by atoms with van der Waals surface area (Å²) in [6.45, 7) is 3.83. The average Bonchev–Trinajstić information content (AvgIpc) is 3.27. The maximum atomic E-state index is 13.2. The predicted molar refractivity (Wildman–Crippen MR) is 132 cm³/mol. The largest absolute Gasteiger partial charge is 0.496 e. The van der Waals surface area contributed by atoms with Gasteiger partial charge in [0.15, 0.2) is 0 Å². The molecule has 0 saturated heterocycles. The van der Waals surface area contributed by atoms with Gasteiger partial charge in [-0.05, 0) is 25.8 Å². The summed E-state index contributed by atoms with van der Waals surface area (Å²) in [5, 5.41) is 13.1. The number of aromatic amines is 1. The fourth-order valence-corrected chi connectivity index (χ4v) is 5.65. The van der Waals surface area contributed by atoms with E-state index in [-0.39, 0.29) is 5.56 Å². The molecule has 1 aliphatic rings. The molecule has 3 aromatic rings. The van der Waals surface area contributed by atoms with Gasteiger partial charge in [0.25, 0.3) is 5.56 Å². The monoisotopic (exact) mass is 471 g/mol. The highest BCUT2D eigenvalue weighted by Crippen LogP contribution is 2.36. The van der Waals surface area contributed by atoms with Crippen LogP contribution in [0.3, 0.4) is 0 Å². The standard InChI is InChI=1S/C25H33N3O4S/c1-3-32-15-18(29)13-28(17-9-5-4-6-10-17)14-22-26-24(30)23-20(16-33-25(23)27-22)19-11-7-8-12-21(19)31-2/h7-8,11-12,16-18,29H,3-6,9-10,13-15H2,1-2H3,(H,26,27,30)/t18-/m1/s1. The second kappa shape index (κ2) is 11.2. The first-order valence-corrected chi connectivity index (χ1v) is 12.6. The van der Waals surface area contributed by atoms with Crippen LogP contribution in [-0.4, -0.2) is 59.0 Å². The van der Waals surface area contributed by atoms with Gasteiger partial charge >= 0.3 is 0 Å². The summed E-state index contributed by atoms with van der Waals surface area (Å²) in [6, 6.07) is 8.08. The average molecular weight is 472 g/mol. The van der Waals surface area contributed by atoms with Crippen LogP contribution >= 0.6 is 11.3 Å². The third-order valence-electron chi connectivity index (χ3n) is 6.29. The number of ether oxygens (including phenoxy) is 2. The lowest BCUT2D eigenvalue weighted by atomic mass is 9.94. The van der Waals surface area contributed by atoms with Crippen molar-refractivity contribution in [3.8, 4) is 16.9 Å². The number of para-hydroxylation sites is 1. The lowest BCUT2D eigenvalue weighted by Gasteiger charge is -2.35. The van der Waals surface area contributed by atoms with Crippen LogP contribution in [0.5, 0.6) is 5.75 Å². The van der Waals surface area contributed by atoms with E-state index in [2.05, 4.69) is 9.88 Å². The Morgan fingerprint density at radius 3 is 2.79 bits per heavy atom. The summed E-state index contributed by atoms with van der Waals surface area (Å²) in [6.07, 6.45) is 5.28. The van der Waals surface area contributed by atoms with E-state index in [0.717, 1.165) is 29.7 Å². The van der Waals surface area contributed by atoms with Gasteiger partial charge in [0.2, 0.25) is 0 Å². The third-order valence-corrected chi connectivity index (χ3v) is 7.17. The summed E-state index contributed by atoms with van der Waals surface area (Å²) >= 11 is 1.47. The molecule has 0 spiro atoms. The molecule has 0 bridgehead atoms. The van der Waals surface area contributed by atoms with E-state index in [1.807, 2.05) is 36.6 Å². The topological polar surface area (TPSA) is 87.7 Å². The fourth-order valence-electron chi connectivity index (χ4n) is 4.69. The summed E-state index contributed by atoms with van der Waals surface area (Å²) in [7, 11) is 1.63. The second-order valence-electron chi connectivity index (χ2n) is 8.58. The van der Waals surface area contributed by atoms with Gasteiger partial charge in [-0.2, -0.15) is 0 Å². The molecule has 2 N–H and O–H groups in total. The number of H-pyrrole nitrogens is 1. The number of thiophene rings is 1. The first-order chi connectivity index (χ1) is 16.1. The van der Waals surface area contributed by atoms with Crippen molar-refractivity contribution in [1.82, 2.24) is 14.9 Å². The van der Waals surface area contributed by atoms with Crippen molar-refractivity contribution in [1.29, 1.82) is 0 Å². The zero-order valence-electron chi connectivity index (χ0n) is 19.4. The maximum absolute atomic E-state index is 13.2. The van der Waals surface area contributed by atoms with Gasteiger partial charge in [-0.25, -0.2) is 4.98 Å². The molecule has 0 amide bonds. The van der Waals surface area contributed by atoms with Crippen LogP contribution in [0.4, 0.5) is 0 Å². The predicted octanol–water partition coefficient (Wildman–Crippen LogP) is 4.19. The van der Waals surface area contributed by atoms with E-state index in [1.54, 1.807) is 7.11 Å². The molecule has 1 saturated carbocycles. The van der Waals surface area contributed by atoms with E-state index in [9.17, 15) is 9.90 Å². The number of hydrogen-bond donors (Lipinski definition) is 2. The number of hydrogen-bond acceptors (Lipinski definition) is 7. The number of nitrogens with one attached hydrogen (secondary N) is 1. The van der Waals surface area contributed by atoms with E-state index in [4.69, 9.17) is 14.5 Å². The number of rotatable bonds is 10. The third kappa shape index (κ3) is 5.63.